The molecular weight excluding hydrogens is 314 g/mol. The molecule has 2 aromatic rings. The second kappa shape index (κ2) is 6.28. The highest BCUT2D eigenvalue weighted by Crippen LogP contribution is 2.23. The molecule has 0 spiro atoms. The van der Waals surface area contributed by atoms with Crippen molar-refractivity contribution < 1.29 is 4.79 Å². The standard InChI is InChI=1S/C13H12ClN3O3S/c1-7(10(18)8-4-3-5-9(14)6-8)21-13-15-11(19)12(20)16-17(13)2/h3-7H,1-2H3,(H,16,20). The van der Waals surface area contributed by atoms with Crippen LogP contribution >= 0.6 is 23.4 Å². The first kappa shape index (κ1) is 15.5. The molecule has 1 aromatic heterocycles. The van der Waals surface area contributed by atoms with Crippen molar-refractivity contribution in [2.45, 2.75) is 17.3 Å². The highest BCUT2D eigenvalue weighted by atomic mass is 35.5. The largest absolute Gasteiger partial charge is 0.339 e. The number of H-pyrrole nitrogens is 1. The van der Waals surface area contributed by atoms with E-state index >= 15 is 0 Å². The Balaban J connectivity index is 2.24. The first-order valence-electron chi connectivity index (χ1n) is 6.02. The third-order valence-corrected chi connectivity index (χ3v) is 4.09. The van der Waals surface area contributed by atoms with E-state index in [-0.39, 0.29) is 10.9 Å². The number of rotatable bonds is 4. The number of halogens is 1. The van der Waals surface area contributed by atoms with Gasteiger partial charge in [0.1, 0.15) is 0 Å². The van der Waals surface area contributed by atoms with E-state index in [9.17, 15) is 14.4 Å². The lowest BCUT2D eigenvalue weighted by atomic mass is 10.1. The van der Waals surface area contributed by atoms with Gasteiger partial charge in [-0.05, 0) is 19.1 Å². The van der Waals surface area contributed by atoms with E-state index in [0.29, 0.717) is 10.6 Å². The lowest BCUT2D eigenvalue weighted by molar-refractivity contribution is 0.0994. The molecule has 0 amide bonds. The van der Waals surface area contributed by atoms with Crippen LogP contribution in [0.2, 0.25) is 5.02 Å². The first-order chi connectivity index (χ1) is 9.88. The van der Waals surface area contributed by atoms with Gasteiger partial charge in [-0.15, -0.1) is 0 Å². The van der Waals surface area contributed by atoms with Crippen molar-refractivity contribution in [3.8, 4) is 0 Å². The van der Waals surface area contributed by atoms with Crippen LogP contribution in [0.4, 0.5) is 0 Å². The van der Waals surface area contributed by atoms with Gasteiger partial charge in [0, 0.05) is 17.6 Å². The number of aromatic nitrogens is 3. The van der Waals surface area contributed by atoms with Gasteiger partial charge in [-0.1, -0.05) is 35.5 Å². The zero-order valence-corrected chi connectivity index (χ0v) is 12.9. The summed E-state index contributed by atoms with van der Waals surface area (Å²) in [6, 6.07) is 6.63. The Morgan fingerprint density at radius 3 is 2.81 bits per heavy atom. The van der Waals surface area contributed by atoms with E-state index in [2.05, 4.69) is 10.1 Å². The van der Waals surface area contributed by atoms with Crippen molar-refractivity contribution in [1.82, 2.24) is 14.8 Å². The SMILES string of the molecule is CC(Sc1nc(=O)c(=O)[nH]n1C)C(=O)c1cccc(Cl)c1. The maximum Gasteiger partial charge on any atom is 0.339 e. The lowest BCUT2D eigenvalue weighted by Crippen LogP contribution is -2.34. The molecule has 1 aromatic carbocycles. The average Bonchev–Trinajstić information content (AvgIpc) is 2.43. The quantitative estimate of drug-likeness (QED) is 0.523. The van der Waals surface area contributed by atoms with Gasteiger partial charge in [0.25, 0.3) is 0 Å². The van der Waals surface area contributed by atoms with Crippen molar-refractivity contribution in [2.75, 3.05) is 0 Å². The predicted octanol–water partition coefficient (Wildman–Crippen LogP) is 1.49. The Labute approximate surface area is 129 Å². The molecule has 8 heteroatoms. The van der Waals surface area contributed by atoms with Gasteiger partial charge >= 0.3 is 11.1 Å². The van der Waals surface area contributed by atoms with Gasteiger partial charge in [-0.25, -0.2) is 0 Å². The molecule has 2 rings (SSSR count). The molecule has 0 aliphatic heterocycles. The summed E-state index contributed by atoms with van der Waals surface area (Å²) in [6.07, 6.45) is 0. The number of hydrogen-bond donors (Lipinski definition) is 1. The van der Waals surface area contributed by atoms with Gasteiger partial charge < -0.3 is 0 Å². The number of thioether (sulfide) groups is 1. The summed E-state index contributed by atoms with van der Waals surface area (Å²) in [5.41, 5.74) is -1.19. The van der Waals surface area contributed by atoms with Crippen LogP contribution in [0.3, 0.4) is 0 Å². The summed E-state index contributed by atoms with van der Waals surface area (Å²) in [5, 5.41) is 2.60. The predicted molar refractivity (Wildman–Crippen MR) is 81.2 cm³/mol. The summed E-state index contributed by atoms with van der Waals surface area (Å²) in [5.74, 6) is -0.136. The molecule has 21 heavy (non-hydrogen) atoms. The van der Waals surface area contributed by atoms with Crippen molar-refractivity contribution in [2.24, 2.45) is 7.05 Å². The molecule has 0 aliphatic carbocycles. The minimum absolute atomic E-state index is 0.136. The van der Waals surface area contributed by atoms with Crippen LogP contribution in [0, 0.1) is 0 Å². The Morgan fingerprint density at radius 1 is 1.43 bits per heavy atom. The number of carbonyl (C=O) groups excluding carboxylic acids is 1. The molecule has 1 heterocycles. The fourth-order valence-electron chi connectivity index (χ4n) is 1.65. The Bertz CT molecular complexity index is 800. The third-order valence-electron chi connectivity index (χ3n) is 2.71. The number of hydrogen-bond acceptors (Lipinski definition) is 5. The number of ketones is 1. The average molecular weight is 326 g/mol. The highest BCUT2D eigenvalue weighted by Gasteiger charge is 2.19. The highest BCUT2D eigenvalue weighted by molar-refractivity contribution is 8.00. The molecule has 1 N–H and O–H groups in total. The van der Waals surface area contributed by atoms with Crippen molar-refractivity contribution >= 4 is 29.1 Å². The minimum atomic E-state index is -0.877. The van der Waals surface area contributed by atoms with E-state index < -0.39 is 16.4 Å². The van der Waals surface area contributed by atoms with E-state index in [0.717, 1.165) is 11.8 Å². The number of benzene rings is 1. The van der Waals surface area contributed by atoms with E-state index in [1.807, 2.05) is 0 Å². The van der Waals surface area contributed by atoms with Crippen LogP contribution in [0.5, 0.6) is 0 Å². The van der Waals surface area contributed by atoms with Gasteiger partial charge in [0.2, 0.25) is 0 Å². The van der Waals surface area contributed by atoms with Gasteiger partial charge in [0.15, 0.2) is 10.9 Å². The molecule has 0 bridgehead atoms. The number of nitrogens with zero attached hydrogens (tertiary/aromatic N) is 2. The molecule has 0 fully saturated rings. The number of nitrogens with one attached hydrogen (secondary N) is 1. The fraction of sp³-hybridized carbons (Fsp3) is 0.231. The number of carbonyl (C=O) groups is 1. The minimum Gasteiger partial charge on any atom is -0.293 e. The maximum absolute atomic E-state index is 12.3. The van der Waals surface area contributed by atoms with E-state index in [1.165, 1.54) is 4.68 Å². The summed E-state index contributed by atoms with van der Waals surface area (Å²) in [4.78, 5) is 38.4. The summed E-state index contributed by atoms with van der Waals surface area (Å²) in [6.45, 7) is 1.70. The number of aryl methyl sites for hydroxylation is 1. The zero-order chi connectivity index (χ0) is 15.6. The lowest BCUT2D eigenvalue weighted by Gasteiger charge is -2.11. The monoisotopic (exact) mass is 325 g/mol. The Hall–Kier alpha value is -1.86. The van der Waals surface area contributed by atoms with Crippen LogP contribution < -0.4 is 11.1 Å². The topological polar surface area (TPSA) is 84.8 Å². The molecule has 1 unspecified atom stereocenters. The third kappa shape index (κ3) is 3.62. The van der Waals surface area contributed by atoms with Gasteiger partial charge in [-0.2, -0.15) is 4.98 Å². The molecule has 110 valence electrons. The van der Waals surface area contributed by atoms with Crippen LogP contribution in [0.25, 0.3) is 0 Å². The molecule has 0 saturated heterocycles. The second-order valence-corrected chi connectivity index (χ2v) is 6.08. The normalized spacial score (nSPS) is 12.1. The van der Waals surface area contributed by atoms with Crippen molar-refractivity contribution in [3.05, 3.63) is 55.6 Å². The first-order valence-corrected chi connectivity index (χ1v) is 7.28. The molecule has 0 radical (unpaired) electrons. The molecule has 6 nitrogen and oxygen atoms in total. The van der Waals surface area contributed by atoms with E-state index in [1.54, 1.807) is 38.2 Å². The smallest absolute Gasteiger partial charge is 0.293 e. The summed E-state index contributed by atoms with van der Waals surface area (Å²) in [7, 11) is 1.55. The molecule has 0 aliphatic rings. The van der Waals surface area contributed by atoms with Crippen LogP contribution in [0.1, 0.15) is 17.3 Å². The zero-order valence-electron chi connectivity index (χ0n) is 11.3. The molecular formula is C13H12ClN3O3S. The number of Topliss-reactive ketones (excluding diaryl/α,β-unsaturated/α-hetero) is 1. The van der Waals surface area contributed by atoms with Crippen LogP contribution in [-0.2, 0) is 7.05 Å². The van der Waals surface area contributed by atoms with Gasteiger partial charge in [-0.3, -0.25) is 24.2 Å². The second-order valence-electron chi connectivity index (χ2n) is 4.33. The van der Waals surface area contributed by atoms with Crippen LogP contribution in [0.15, 0.2) is 39.0 Å². The summed E-state index contributed by atoms with van der Waals surface area (Å²) < 4.78 is 1.32. The Morgan fingerprint density at radius 2 is 2.14 bits per heavy atom. The summed E-state index contributed by atoms with van der Waals surface area (Å²) >= 11 is 6.95. The fourth-order valence-corrected chi connectivity index (χ4v) is 2.74. The van der Waals surface area contributed by atoms with Crippen LogP contribution in [-0.4, -0.2) is 25.8 Å². The Kier molecular flexibility index (Phi) is 4.64. The molecule has 0 saturated carbocycles. The maximum atomic E-state index is 12.3. The van der Waals surface area contributed by atoms with Crippen molar-refractivity contribution in [1.29, 1.82) is 0 Å². The van der Waals surface area contributed by atoms with Gasteiger partial charge in [0.05, 0.1) is 5.25 Å². The molecule has 1 atom stereocenters. The number of aromatic amines is 1. The van der Waals surface area contributed by atoms with E-state index in [4.69, 9.17) is 11.6 Å². The van der Waals surface area contributed by atoms with Crippen molar-refractivity contribution in [3.63, 3.8) is 0 Å².